The number of fused-ring (bicyclic) bond motifs is 2. The molecular weight excluding hydrogens is 414 g/mol. The lowest BCUT2D eigenvalue weighted by atomic mass is 9.97. The van der Waals surface area contributed by atoms with Crippen LogP contribution >= 0.6 is 0 Å². The van der Waals surface area contributed by atoms with Crippen molar-refractivity contribution >= 4 is 16.9 Å². The maximum atomic E-state index is 13.8. The van der Waals surface area contributed by atoms with Crippen molar-refractivity contribution in [1.29, 1.82) is 0 Å². The number of carbonyl (C=O) groups is 1. The predicted octanol–water partition coefficient (Wildman–Crippen LogP) is 5.55. The Morgan fingerprint density at radius 2 is 1.70 bits per heavy atom. The fraction of sp³-hybridized carbons (Fsp3) is 0.214. The van der Waals surface area contributed by atoms with Gasteiger partial charge >= 0.3 is 0 Å². The average Bonchev–Trinajstić information content (AvgIpc) is 3.08. The molecule has 1 unspecified atom stereocenters. The highest BCUT2D eigenvalue weighted by Crippen LogP contribution is 2.40. The number of benzene rings is 3. The van der Waals surface area contributed by atoms with Crippen LogP contribution in [0, 0.1) is 13.8 Å². The minimum atomic E-state index is -0.560. The Kier molecular flexibility index (Phi) is 5.25. The normalized spacial score (nSPS) is 15.2. The average molecular weight is 440 g/mol. The van der Waals surface area contributed by atoms with Crippen LogP contribution in [0.1, 0.15) is 51.3 Å². The molecular formula is C28H25NO4. The second kappa shape index (κ2) is 8.24. The van der Waals surface area contributed by atoms with Crippen LogP contribution in [-0.4, -0.2) is 17.4 Å². The Hall–Kier alpha value is -3.86. The maximum absolute atomic E-state index is 13.8. The topological polar surface area (TPSA) is 59.8 Å². The van der Waals surface area contributed by atoms with E-state index >= 15 is 0 Å². The van der Waals surface area contributed by atoms with E-state index in [1.165, 1.54) is 0 Å². The fourth-order valence-electron chi connectivity index (χ4n) is 4.51. The standard InChI is InChI=1S/C28H25NO4/c1-4-32-21-12-8-11-20(15-21)25-24-26(30)22-13-17(2)18(3)14-23(22)33-27(24)28(31)29(25)16-19-9-6-5-7-10-19/h5-15,25H,4,16H2,1-3H3. The van der Waals surface area contributed by atoms with Crippen LogP contribution in [0.25, 0.3) is 11.0 Å². The first-order valence-corrected chi connectivity index (χ1v) is 11.1. The molecule has 0 saturated heterocycles. The monoisotopic (exact) mass is 439 g/mol. The van der Waals surface area contributed by atoms with Crippen molar-refractivity contribution in [3.8, 4) is 5.75 Å². The Bertz CT molecular complexity index is 1420. The van der Waals surface area contributed by atoms with E-state index in [0.29, 0.717) is 35.4 Å². The van der Waals surface area contributed by atoms with Crippen molar-refractivity contribution in [3.05, 3.63) is 111 Å². The number of nitrogens with zero attached hydrogens (tertiary/aromatic N) is 1. The molecule has 1 amide bonds. The van der Waals surface area contributed by atoms with E-state index in [-0.39, 0.29) is 17.1 Å². The van der Waals surface area contributed by atoms with Gasteiger partial charge in [0.1, 0.15) is 11.3 Å². The molecule has 0 radical (unpaired) electrons. The molecule has 4 aromatic rings. The number of aryl methyl sites for hydroxylation is 2. The van der Waals surface area contributed by atoms with Gasteiger partial charge in [0.25, 0.3) is 5.91 Å². The molecule has 0 bridgehead atoms. The van der Waals surface area contributed by atoms with E-state index in [1.807, 2.05) is 87.5 Å². The minimum Gasteiger partial charge on any atom is -0.494 e. The van der Waals surface area contributed by atoms with E-state index in [0.717, 1.165) is 22.3 Å². The number of hydrogen-bond acceptors (Lipinski definition) is 4. The van der Waals surface area contributed by atoms with Gasteiger partial charge in [0.15, 0.2) is 5.43 Å². The Balaban J connectivity index is 1.74. The van der Waals surface area contributed by atoms with Crippen molar-refractivity contribution in [3.63, 3.8) is 0 Å². The Labute approximate surface area is 192 Å². The molecule has 5 nitrogen and oxygen atoms in total. The largest absolute Gasteiger partial charge is 0.494 e. The van der Waals surface area contributed by atoms with Gasteiger partial charge in [-0.3, -0.25) is 9.59 Å². The van der Waals surface area contributed by atoms with E-state index < -0.39 is 6.04 Å². The van der Waals surface area contributed by atoms with Crippen molar-refractivity contribution in [2.24, 2.45) is 0 Å². The number of ether oxygens (including phenoxy) is 1. The third-order valence-electron chi connectivity index (χ3n) is 6.26. The van der Waals surface area contributed by atoms with Gasteiger partial charge in [-0.25, -0.2) is 0 Å². The van der Waals surface area contributed by atoms with Crippen LogP contribution in [0.2, 0.25) is 0 Å². The van der Waals surface area contributed by atoms with Crippen molar-refractivity contribution in [2.75, 3.05) is 6.61 Å². The lowest BCUT2D eigenvalue weighted by molar-refractivity contribution is 0.0714. The van der Waals surface area contributed by atoms with E-state index in [4.69, 9.17) is 9.15 Å². The molecule has 0 fully saturated rings. The Morgan fingerprint density at radius 3 is 2.45 bits per heavy atom. The van der Waals surface area contributed by atoms with Crippen LogP contribution in [0.4, 0.5) is 0 Å². The minimum absolute atomic E-state index is 0.124. The summed E-state index contributed by atoms with van der Waals surface area (Å²) in [5.41, 5.74) is 4.49. The van der Waals surface area contributed by atoms with E-state index in [1.54, 1.807) is 4.90 Å². The molecule has 1 atom stereocenters. The molecule has 0 N–H and O–H groups in total. The first-order valence-electron chi connectivity index (χ1n) is 11.1. The van der Waals surface area contributed by atoms with Gasteiger partial charge in [-0.2, -0.15) is 0 Å². The van der Waals surface area contributed by atoms with Gasteiger partial charge in [0.2, 0.25) is 5.76 Å². The molecule has 33 heavy (non-hydrogen) atoms. The van der Waals surface area contributed by atoms with Gasteiger partial charge in [0, 0.05) is 6.54 Å². The molecule has 166 valence electrons. The number of rotatable bonds is 5. The predicted molar refractivity (Wildman–Crippen MR) is 128 cm³/mol. The molecule has 5 heteroatoms. The zero-order valence-electron chi connectivity index (χ0n) is 18.9. The summed E-state index contributed by atoms with van der Waals surface area (Å²) in [5.74, 6) is 0.545. The molecule has 1 aliphatic heterocycles. The fourth-order valence-corrected chi connectivity index (χ4v) is 4.51. The van der Waals surface area contributed by atoms with Crippen LogP contribution in [0.5, 0.6) is 5.75 Å². The molecule has 5 rings (SSSR count). The molecule has 2 heterocycles. The van der Waals surface area contributed by atoms with E-state index in [2.05, 4.69) is 0 Å². The first kappa shape index (κ1) is 21.0. The molecule has 1 aliphatic rings. The van der Waals surface area contributed by atoms with Gasteiger partial charge < -0.3 is 14.1 Å². The summed E-state index contributed by atoms with van der Waals surface area (Å²) < 4.78 is 11.8. The van der Waals surface area contributed by atoms with Crippen LogP contribution in [-0.2, 0) is 6.54 Å². The third-order valence-corrected chi connectivity index (χ3v) is 6.26. The smallest absolute Gasteiger partial charge is 0.291 e. The highest BCUT2D eigenvalue weighted by molar-refractivity contribution is 5.99. The first-order chi connectivity index (χ1) is 16.0. The summed E-state index contributed by atoms with van der Waals surface area (Å²) in [6.45, 7) is 6.75. The summed E-state index contributed by atoms with van der Waals surface area (Å²) in [4.78, 5) is 29.1. The number of carbonyl (C=O) groups excluding carboxylic acids is 1. The van der Waals surface area contributed by atoms with Gasteiger partial charge in [0.05, 0.1) is 23.6 Å². The molecule has 0 saturated carbocycles. The summed E-state index contributed by atoms with van der Waals surface area (Å²) in [6, 6.07) is 20.5. The SMILES string of the molecule is CCOc1cccc(C2c3c(oc4cc(C)c(C)cc4c3=O)C(=O)N2Cc2ccccc2)c1. The quantitative estimate of drug-likeness (QED) is 0.409. The summed E-state index contributed by atoms with van der Waals surface area (Å²) in [6.07, 6.45) is 0. The number of amides is 1. The summed E-state index contributed by atoms with van der Waals surface area (Å²) in [7, 11) is 0. The molecule has 3 aromatic carbocycles. The third kappa shape index (κ3) is 3.59. The lowest BCUT2D eigenvalue weighted by Gasteiger charge is -2.25. The molecule has 0 spiro atoms. The van der Waals surface area contributed by atoms with Gasteiger partial charge in [-0.05, 0) is 67.3 Å². The zero-order chi connectivity index (χ0) is 23.1. The summed E-state index contributed by atoms with van der Waals surface area (Å²) >= 11 is 0. The Morgan fingerprint density at radius 1 is 0.939 bits per heavy atom. The maximum Gasteiger partial charge on any atom is 0.291 e. The van der Waals surface area contributed by atoms with Crippen LogP contribution in [0.3, 0.4) is 0 Å². The molecule has 1 aromatic heterocycles. The van der Waals surface area contributed by atoms with E-state index in [9.17, 15) is 9.59 Å². The highest BCUT2D eigenvalue weighted by atomic mass is 16.5. The van der Waals surface area contributed by atoms with Crippen molar-refractivity contribution in [2.45, 2.75) is 33.4 Å². The highest BCUT2D eigenvalue weighted by Gasteiger charge is 2.42. The second-order valence-electron chi connectivity index (χ2n) is 8.43. The van der Waals surface area contributed by atoms with Gasteiger partial charge in [-0.1, -0.05) is 42.5 Å². The van der Waals surface area contributed by atoms with Crippen molar-refractivity contribution in [1.82, 2.24) is 4.90 Å². The lowest BCUT2D eigenvalue weighted by Crippen LogP contribution is -2.29. The van der Waals surface area contributed by atoms with Gasteiger partial charge in [-0.15, -0.1) is 0 Å². The summed E-state index contributed by atoms with van der Waals surface area (Å²) in [5, 5.41) is 0.497. The van der Waals surface area contributed by atoms with Crippen LogP contribution in [0.15, 0.2) is 75.9 Å². The zero-order valence-corrected chi connectivity index (χ0v) is 18.9. The van der Waals surface area contributed by atoms with Crippen LogP contribution < -0.4 is 10.2 Å². The second-order valence-corrected chi connectivity index (χ2v) is 8.43. The van der Waals surface area contributed by atoms with Crippen molar-refractivity contribution < 1.29 is 13.9 Å². The molecule has 0 aliphatic carbocycles. The number of hydrogen-bond donors (Lipinski definition) is 0.